The van der Waals surface area contributed by atoms with Gasteiger partial charge in [0.1, 0.15) is 5.82 Å². The first kappa shape index (κ1) is 12.3. The molecule has 3 heteroatoms. The summed E-state index contributed by atoms with van der Waals surface area (Å²) in [5.41, 5.74) is 3.53. The molecule has 0 saturated heterocycles. The van der Waals surface area contributed by atoms with Crippen LogP contribution in [0.2, 0.25) is 0 Å². The van der Waals surface area contributed by atoms with Gasteiger partial charge in [-0.15, -0.1) is 0 Å². The molecule has 92 valence electrons. The fourth-order valence-corrected chi connectivity index (χ4v) is 1.93. The number of aliphatic carboxylic acids is 1. The van der Waals surface area contributed by atoms with E-state index < -0.39 is 5.97 Å². The molecular formula is C15H13FO2. The molecule has 0 aliphatic carbocycles. The zero-order valence-corrected chi connectivity index (χ0v) is 9.98. The zero-order chi connectivity index (χ0) is 13.1. The predicted octanol–water partition coefficient (Wildman–Crippen LogP) is 3.43. The van der Waals surface area contributed by atoms with Gasteiger partial charge in [-0.2, -0.15) is 0 Å². The van der Waals surface area contributed by atoms with Gasteiger partial charge in [0, 0.05) is 0 Å². The Morgan fingerprint density at radius 2 is 1.83 bits per heavy atom. The third-order valence-electron chi connectivity index (χ3n) is 2.81. The van der Waals surface area contributed by atoms with Crippen LogP contribution in [0.15, 0.2) is 42.5 Å². The SMILES string of the molecule is Cc1cc(F)ccc1-c1ccc(CC(=O)O)cc1. The quantitative estimate of drug-likeness (QED) is 0.898. The van der Waals surface area contributed by atoms with Crippen LogP contribution in [0.3, 0.4) is 0 Å². The molecular weight excluding hydrogens is 231 g/mol. The maximum atomic E-state index is 13.0. The van der Waals surface area contributed by atoms with E-state index in [0.29, 0.717) is 0 Å². The van der Waals surface area contributed by atoms with Crippen molar-refractivity contribution in [1.29, 1.82) is 0 Å². The van der Waals surface area contributed by atoms with E-state index >= 15 is 0 Å². The number of aryl methyl sites for hydroxylation is 1. The topological polar surface area (TPSA) is 37.3 Å². The first-order valence-corrected chi connectivity index (χ1v) is 5.63. The van der Waals surface area contributed by atoms with Crippen LogP contribution >= 0.6 is 0 Å². The lowest BCUT2D eigenvalue weighted by Crippen LogP contribution is -1.99. The molecule has 0 amide bonds. The molecule has 2 aromatic rings. The Bertz CT molecular complexity index is 574. The second kappa shape index (κ2) is 5.00. The molecule has 18 heavy (non-hydrogen) atoms. The van der Waals surface area contributed by atoms with Gasteiger partial charge in [0.05, 0.1) is 6.42 Å². The van der Waals surface area contributed by atoms with Crippen LogP contribution in [0.1, 0.15) is 11.1 Å². The molecule has 2 aromatic carbocycles. The summed E-state index contributed by atoms with van der Waals surface area (Å²) in [5, 5.41) is 8.69. The maximum absolute atomic E-state index is 13.0. The van der Waals surface area contributed by atoms with Crippen LogP contribution in [0.4, 0.5) is 4.39 Å². The standard InChI is InChI=1S/C15H13FO2/c1-10-8-13(16)6-7-14(10)12-4-2-11(3-5-12)9-15(17)18/h2-8H,9H2,1H3,(H,17,18). The highest BCUT2D eigenvalue weighted by atomic mass is 19.1. The van der Waals surface area contributed by atoms with E-state index in [9.17, 15) is 9.18 Å². The molecule has 0 heterocycles. The van der Waals surface area contributed by atoms with Gasteiger partial charge in [0.2, 0.25) is 0 Å². The summed E-state index contributed by atoms with van der Waals surface area (Å²) in [6.45, 7) is 1.85. The summed E-state index contributed by atoms with van der Waals surface area (Å²) in [5.74, 6) is -1.10. The minimum atomic E-state index is -0.847. The summed E-state index contributed by atoms with van der Waals surface area (Å²) >= 11 is 0. The van der Waals surface area contributed by atoms with E-state index in [4.69, 9.17) is 5.11 Å². The van der Waals surface area contributed by atoms with Gasteiger partial charge in [-0.25, -0.2) is 4.39 Å². The van der Waals surface area contributed by atoms with Crippen molar-refractivity contribution in [3.8, 4) is 11.1 Å². The van der Waals surface area contributed by atoms with Crippen LogP contribution in [0.25, 0.3) is 11.1 Å². The first-order valence-electron chi connectivity index (χ1n) is 5.63. The summed E-state index contributed by atoms with van der Waals surface area (Å²) in [6.07, 6.45) is 0.0165. The monoisotopic (exact) mass is 244 g/mol. The molecule has 0 fully saturated rings. The molecule has 0 aliphatic rings. The van der Waals surface area contributed by atoms with Gasteiger partial charge in [-0.1, -0.05) is 30.3 Å². The normalized spacial score (nSPS) is 10.3. The van der Waals surface area contributed by atoms with Crippen molar-refractivity contribution in [2.45, 2.75) is 13.3 Å². The Morgan fingerprint density at radius 3 is 2.39 bits per heavy atom. The molecule has 2 rings (SSSR count). The van der Waals surface area contributed by atoms with Crippen molar-refractivity contribution in [2.24, 2.45) is 0 Å². The number of benzene rings is 2. The lowest BCUT2D eigenvalue weighted by Gasteiger charge is -2.07. The van der Waals surface area contributed by atoms with Crippen molar-refractivity contribution in [3.63, 3.8) is 0 Å². The lowest BCUT2D eigenvalue weighted by molar-refractivity contribution is -0.136. The van der Waals surface area contributed by atoms with Gasteiger partial charge >= 0.3 is 5.97 Å². The van der Waals surface area contributed by atoms with Gasteiger partial charge in [0.25, 0.3) is 0 Å². The van der Waals surface area contributed by atoms with Crippen LogP contribution < -0.4 is 0 Å². The van der Waals surface area contributed by atoms with E-state index in [1.807, 2.05) is 19.1 Å². The number of rotatable bonds is 3. The minimum Gasteiger partial charge on any atom is -0.481 e. The Balaban J connectivity index is 2.31. The number of carboxylic acid groups (broad SMARTS) is 1. The first-order chi connectivity index (χ1) is 8.56. The number of halogens is 1. The van der Waals surface area contributed by atoms with E-state index in [-0.39, 0.29) is 12.2 Å². The molecule has 0 aliphatic heterocycles. The highest BCUT2D eigenvalue weighted by Gasteiger charge is 2.04. The van der Waals surface area contributed by atoms with Gasteiger partial charge in [-0.3, -0.25) is 4.79 Å². The molecule has 0 atom stereocenters. The fraction of sp³-hybridized carbons (Fsp3) is 0.133. The number of hydrogen-bond acceptors (Lipinski definition) is 1. The average Bonchev–Trinajstić information content (AvgIpc) is 2.30. The van der Waals surface area contributed by atoms with Crippen molar-refractivity contribution < 1.29 is 14.3 Å². The third kappa shape index (κ3) is 2.74. The van der Waals surface area contributed by atoms with Crippen molar-refractivity contribution in [3.05, 3.63) is 59.4 Å². The zero-order valence-electron chi connectivity index (χ0n) is 9.98. The second-order valence-electron chi connectivity index (χ2n) is 4.23. The molecule has 0 aromatic heterocycles. The Hall–Kier alpha value is -2.16. The van der Waals surface area contributed by atoms with E-state index in [1.54, 1.807) is 18.2 Å². The molecule has 1 N–H and O–H groups in total. The number of carboxylic acids is 1. The number of carbonyl (C=O) groups is 1. The molecule has 0 spiro atoms. The summed E-state index contributed by atoms with van der Waals surface area (Å²) in [4.78, 5) is 10.6. The van der Waals surface area contributed by atoms with Crippen LogP contribution in [-0.4, -0.2) is 11.1 Å². The molecule has 0 radical (unpaired) electrons. The Labute approximate surface area is 105 Å². The minimum absolute atomic E-state index is 0.0165. The highest BCUT2D eigenvalue weighted by molar-refractivity contribution is 5.72. The largest absolute Gasteiger partial charge is 0.481 e. The summed E-state index contributed by atoms with van der Waals surface area (Å²) in [7, 11) is 0. The molecule has 0 bridgehead atoms. The highest BCUT2D eigenvalue weighted by Crippen LogP contribution is 2.24. The van der Waals surface area contributed by atoms with Crippen LogP contribution in [0.5, 0.6) is 0 Å². The molecule has 2 nitrogen and oxygen atoms in total. The van der Waals surface area contributed by atoms with Crippen LogP contribution in [-0.2, 0) is 11.2 Å². The van der Waals surface area contributed by atoms with E-state index in [0.717, 1.165) is 22.3 Å². The van der Waals surface area contributed by atoms with Gasteiger partial charge < -0.3 is 5.11 Å². The second-order valence-corrected chi connectivity index (χ2v) is 4.23. The lowest BCUT2D eigenvalue weighted by atomic mass is 9.99. The molecule has 0 unspecified atom stereocenters. The fourth-order valence-electron chi connectivity index (χ4n) is 1.93. The van der Waals surface area contributed by atoms with Crippen LogP contribution in [0, 0.1) is 12.7 Å². The summed E-state index contributed by atoms with van der Waals surface area (Å²) in [6, 6.07) is 11.9. The predicted molar refractivity (Wildman–Crippen MR) is 67.9 cm³/mol. The third-order valence-corrected chi connectivity index (χ3v) is 2.81. The van der Waals surface area contributed by atoms with Crippen molar-refractivity contribution >= 4 is 5.97 Å². The van der Waals surface area contributed by atoms with Gasteiger partial charge in [-0.05, 0) is 41.3 Å². The Morgan fingerprint density at radius 1 is 1.17 bits per heavy atom. The Kier molecular flexibility index (Phi) is 3.42. The summed E-state index contributed by atoms with van der Waals surface area (Å²) < 4.78 is 13.0. The van der Waals surface area contributed by atoms with Gasteiger partial charge in [0.15, 0.2) is 0 Å². The van der Waals surface area contributed by atoms with E-state index in [1.165, 1.54) is 12.1 Å². The molecule has 0 saturated carbocycles. The maximum Gasteiger partial charge on any atom is 0.307 e. The average molecular weight is 244 g/mol. The van der Waals surface area contributed by atoms with Crippen molar-refractivity contribution in [2.75, 3.05) is 0 Å². The number of hydrogen-bond donors (Lipinski definition) is 1. The van der Waals surface area contributed by atoms with E-state index in [2.05, 4.69) is 0 Å². The van der Waals surface area contributed by atoms with Crippen molar-refractivity contribution in [1.82, 2.24) is 0 Å². The smallest absolute Gasteiger partial charge is 0.307 e.